The molecule has 0 bridgehead atoms. The number of aryl methyl sites for hydroxylation is 1. The summed E-state index contributed by atoms with van der Waals surface area (Å²) in [6.45, 7) is 0.499. The summed E-state index contributed by atoms with van der Waals surface area (Å²) in [6, 6.07) is 20.2. The fourth-order valence-electron chi connectivity index (χ4n) is 4.47. The summed E-state index contributed by atoms with van der Waals surface area (Å²) in [5.74, 6) is -0.00146. The summed E-state index contributed by atoms with van der Waals surface area (Å²) in [6.07, 6.45) is 0. The van der Waals surface area contributed by atoms with Crippen LogP contribution in [0.3, 0.4) is 0 Å². The average molecular weight is 470 g/mol. The molecular formula is C27H24FN5O2. The second-order valence-corrected chi connectivity index (χ2v) is 8.47. The zero-order valence-corrected chi connectivity index (χ0v) is 19.4. The van der Waals surface area contributed by atoms with E-state index in [2.05, 4.69) is 28.5 Å². The maximum atomic E-state index is 14.2. The van der Waals surface area contributed by atoms with Crippen molar-refractivity contribution in [2.75, 3.05) is 5.32 Å². The van der Waals surface area contributed by atoms with Crippen LogP contribution in [0.5, 0.6) is 0 Å². The molecule has 0 saturated heterocycles. The maximum Gasteiger partial charge on any atom is 0.332 e. The number of hydrogen-bond acceptors (Lipinski definition) is 5. The van der Waals surface area contributed by atoms with Crippen molar-refractivity contribution in [1.29, 1.82) is 0 Å². The monoisotopic (exact) mass is 469 g/mol. The fraction of sp³-hybridized carbons (Fsp3) is 0.148. The molecule has 0 aliphatic carbocycles. The van der Waals surface area contributed by atoms with Crippen LogP contribution in [0.15, 0.2) is 76.3 Å². The molecule has 2 heterocycles. The van der Waals surface area contributed by atoms with Crippen molar-refractivity contribution in [2.24, 2.45) is 19.8 Å². The van der Waals surface area contributed by atoms with Gasteiger partial charge in [0.05, 0.1) is 5.39 Å². The molecule has 0 spiro atoms. The molecule has 35 heavy (non-hydrogen) atoms. The Morgan fingerprint density at radius 3 is 2.46 bits per heavy atom. The van der Waals surface area contributed by atoms with Crippen LogP contribution in [0.25, 0.3) is 32.9 Å². The van der Waals surface area contributed by atoms with Crippen LogP contribution >= 0.6 is 0 Å². The molecule has 0 aliphatic rings. The molecule has 0 fully saturated rings. The van der Waals surface area contributed by atoms with E-state index in [0.717, 1.165) is 20.9 Å². The molecule has 0 saturated carbocycles. The van der Waals surface area contributed by atoms with Gasteiger partial charge in [-0.25, -0.2) is 14.2 Å². The van der Waals surface area contributed by atoms with Gasteiger partial charge in [0, 0.05) is 38.3 Å². The van der Waals surface area contributed by atoms with E-state index in [0.29, 0.717) is 29.1 Å². The molecule has 5 rings (SSSR count). The van der Waals surface area contributed by atoms with Crippen molar-refractivity contribution in [3.63, 3.8) is 0 Å². The van der Waals surface area contributed by atoms with Gasteiger partial charge in [0.2, 0.25) is 0 Å². The lowest BCUT2D eigenvalue weighted by Gasteiger charge is -2.19. The van der Waals surface area contributed by atoms with Crippen LogP contribution in [0.1, 0.15) is 11.1 Å². The fourth-order valence-corrected chi connectivity index (χ4v) is 4.47. The molecule has 2 aromatic heterocycles. The van der Waals surface area contributed by atoms with Crippen molar-refractivity contribution < 1.29 is 4.39 Å². The molecule has 0 unspecified atom stereocenters. The van der Waals surface area contributed by atoms with E-state index in [1.54, 1.807) is 19.2 Å². The number of nitrogens with one attached hydrogen (secondary N) is 1. The quantitative estimate of drug-likeness (QED) is 0.410. The Kier molecular flexibility index (Phi) is 5.66. The van der Waals surface area contributed by atoms with Gasteiger partial charge in [0.1, 0.15) is 11.6 Å². The Morgan fingerprint density at radius 2 is 1.71 bits per heavy atom. The van der Waals surface area contributed by atoms with E-state index in [-0.39, 0.29) is 17.6 Å². The first-order valence-electron chi connectivity index (χ1n) is 11.2. The van der Waals surface area contributed by atoms with Crippen LogP contribution in [-0.4, -0.2) is 14.1 Å². The van der Waals surface area contributed by atoms with Crippen molar-refractivity contribution in [2.45, 2.75) is 13.1 Å². The number of nitrogens with two attached hydrogens (primary N) is 1. The molecule has 7 nitrogen and oxygen atoms in total. The number of anilines is 1. The summed E-state index contributed by atoms with van der Waals surface area (Å²) in [4.78, 5) is 30.5. The van der Waals surface area contributed by atoms with Gasteiger partial charge in [-0.1, -0.05) is 48.5 Å². The van der Waals surface area contributed by atoms with Crippen molar-refractivity contribution in [3.05, 3.63) is 105 Å². The second-order valence-electron chi connectivity index (χ2n) is 8.47. The standard InChI is InChI=1S/C27H24FN5O2/c1-32-25-23(26(34)33(2)27(32)35)22(19-8-5-9-20(28)13-19)21(14-29)24(31-25)30-15-16-10-11-17-6-3-4-7-18(17)12-16/h3-13H,14-15,29H2,1-2H3,(H,30,31). The Bertz CT molecular complexity index is 1720. The van der Waals surface area contributed by atoms with E-state index in [4.69, 9.17) is 5.73 Å². The van der Waals surface area contributed by atoms with E-state index >= 15 is 0 Å². The van der Waals surface area contributed by atoms with Crippen LogP contribution in [0, 0.1) is 5.82 Å². The number of pyridine rings is 1. The minimum absolute atomic E-state index is 0.0564. The summed E-state index contributed by atoms with van der Waals surface area (Å²) < 4.78 is 16.6. The lowest BCUT2D eigenvalue weighted by atomic mass is 9.97. The number of halogens is 1. The molecule has 5 aromatic rings. The highest BCUT2D eigenvalue weighted by atomic mass is 19.1. The topological polar surface area (TPSA) is 94.9 Å². The first-order valence-corrected chi connectivity index (χ1v) is 11.2. The van der Waals surface area contributed by atoms with Gasteiger partial charge < -0.3 is 11.1 Å². The molecule has 0 atom stereocenters. The number of rotatable bonds is 5. The smallest absolute Gasteiger partial charge is 0.332 e. The summed E-state index contributed by atoms with van der Waals surface area (Å²) in [5.41, 5.74) is 7.91. The maximum absolute atomic E-state index is 14.2. The van der Waals surface area contributed by atoms with Gasteiger partial charge in [-0.15, -0.1) is 0 Å². The molecule has 0 aliphatic heterocycles. The van der Waals surface area contributed by atoms with Gasteiger partial charge in [-0.2, -0.15) is 0 Å². The first kappa shape index (κ1) is 22.5. The van der Waals surface area contributed by atoms with Gasteiger partial charge >= 0.3 is 5.69 Å². The lowest BCUT2D eigenvalue weighted by Crippen LogP contribution is -2.38. The van der Waals surface area contributed by atoms with E-state index in [9.17, 15) is 14.0 Å². The van der Waals surface area contributed by atoms with E-state index in [1.807, 2.05) is 24.3 Å². The molecular weight excluding hydrogens is 445 g/mol. The van der Waals surface area contributed by atoms with Crippen molar-refractivity contribution in [3.8, 4) is 11.1 Å². The Hall–Kier alpha value is -4.30. The summed E-state index contributed by atoms with van der Waals surface area (Å²) in [7, 11) is 2.97. The number of hydrogen-bond donors (Lipinski definition) is 2. The molecule has 0 amide bonds. The molecule has 8 heteroatoms. The van der Waals surface area contributed by atoms with Gasteiger partial charge in [-0.05, 0) is 40.1 Å². The molecule has 176 valence electrons. The van der Waals surface area contributed by atoms with Crippen molar-refractivity contribution >= 4 is 27.6 Å². The third-order valence-corrected chi connectivity index (χ3v) is 6.28. The summed E-state index contributed by atoms with van der Waals surface area (Å²) >= 11 is 0. The number of fused-ring (bicyclic) bond motifs is 2. The third kappa shape index (κ3) is 3.87. The number of nitrogens with zero attached hydrogens (tertiary/aromatic N) is 3. The Balaban J connectivity index is 1.73. The van der Waals surface area contributed by atoms with Gasteiger partial charge in [-0.3, -0.25) is 13.9 Å². The number of aromatic nitrogens is 3. The third-order valence-electron chi connectivity index (χ3n) is 6.28. The second kappa shape index (κ2) is 8.81. The molecule has 3 N–H and O–H groups in total. The highest BCUT2D eigenvalue weighted by Crippen LogP contribution is 2.33. The first-order chi connectivity index (χ1) is 16.9. The number of benzene rings is 3. The molecule has 3 aromatic carbocycles. The Morgan fingerprint density at radius 1 is 0.943 bits per heavy atom. The van der Waals surface area contributed by atoms with Crippen LogP contribution in [0.4, 0.5) is 10.2 Å². The van der Waals surface area contributed by atoms with Gasteiger partial charge in [0.15, 0.2) is 5.65 Å². The largest absolute Gasteiger partial charge is 0.366 e. The van der Waals surface area contributed by atoms with E-state index < -0.39 is 17.1 Å². The zero-order chi connectivity index (χ0) is 24.7. The highest BCUT2D eigenvalue weighted by Gasteiger charge is 2.22. The van der Waals surface area contributed by atoms with Crippen molar-refractivity contribution in [1.82, 2.24) is 14.1 Å². The highest BCUT2D eigenvalue weighted by molar-refractivity contribution is 5.96. The molecule has 0 radical (unpaired) electrons. The minimum atomic E-state index is -0.509. The van der Waals surface area contributed by atoms with Crippen LogP contribution in [0.2, 0.25) is 0 Å². The minimum Gasteiger partial charge on any atom is -0.366 e. The van der Waals surface area contributed by atoms with E-state index in [1.165, 1.54) is 23.7 Å². The zero-order valence-electron chi connectivity index (χ0n) is 19.4. The van der Waals surface area contributed by atoms with Gasteiger partial charge in [0.25, 0.3) is 5.56 Å². The summed E-state index contributed by atoms with van der Waals surface area (Å²) in [5, 5.41) is 5.81. The van der Waals surface area contributed by atoms with Crippen LogP contribution in [-0.2, 0) is 27.2 Å². The Labute approximate surface area is 200 Å². The van der Waals surface area contributed by atoms with Crippen LogP contribution < -0.4 is 22.3 Å². The predicted octanol–water partition coefficient (Wildman–Crippen LogP) is 3.66. The average Bonchev–Trinajstić information content (AvgIpc) is 2.88. The lowest BCUT2D eigenvalue weighted by molar-refractivity contribution is 0.628. The SMILES string of the molecule is Cn1c(=O)c2c(-c3cccc(F)c3)c(CN)c(NCc3ccc4ccccc4c3)nc2n(C)c1=O. The normalized spacial score (nSPS) is 11.3. The predicted molar refractivity (Wildman–Crippen MR) is 137 cm³/mol.